The molecule has 0 saturated carbocycles. The van der Waals surface area contributed by atoms with Crippen molar-refractivity contribution in [2.75, 3.05) is 6.54 Å². The highest BCUT2D eigenvalue weighted by Gasteiger charge is 2.35. The summed E-state index contributed by atoms with van der Waals surface area (Å²) in [5.41, 5.74) is 0.366. The molecule has 0 aromatic carbocycles. The molecule has 6 heteroatoms. The molecular formula is C13H15ClN2O3. The van der Waals surface area contributed by atoms with Gasteiger partial charge in [-0.2, -0.15) is 0 Å². The number of halogens is 1. The van der Waals surface area contributed by atoms with E-state index in [1.54, 1.807) is 6.07 Å². The van der Waals surface area contributed by atoms with Crippen LogP contribution in [0, 0.1) is 5.92 Å². The SMILES string of the molecule is CC1CCN(C(=O)c2ccc(Cl)nc2)C(C(=O)O)C1. The number of hydrogen-bond donors (Lipinski definition) is 1. The third-order valence-electron chi connectivity index (χ3n) is 3.38. The van der Waals surface area contributed by atoms with Gasteiger partial charge in [-0.1, -0.05) is 18.5 Å². The van der Waals surface area contributed by atoms with Crippen LogP contribution in [0.25, 0.3) is 0 Å². The molecule has 1 fully saturated rings. The fraction of sp³-hybridized carbons (Fsp3) is 0.462. The first-order chi connectivity index (χ1) is 8.99. The van der Waals surface area contributed by atoms with Gasteiger partial charge in [-0.3, -0.25) is 4.79 Å². The van der Waals surface area contributed by atoms with Crippen LogP contribution in [-0.2, 0) is 4.79 Å². The van der Waals surface area contributed by atoms with E-state index < -0.39 is 12.0 Å². The zero-order valence-corrected chi connectivity index (χ0v) is 11.3. The van der Waals surface area contributed by atoms with Gasteiger partial charge in [0.25, 0.3) is 5.91 Å². The lowest BCUT2D eigenvalue weighted by Gasteiger charge is -2.36. The van der Waals surface area contributed by atoms with Gasteiger partial charge in [0.05, 0.1) is 5.56 Å². The van der Waals surface area contributed by atoms with Gasteiger partial charge < -0.3 is 10.0 Å². The third-order valence-corrected chi connectivity index (χ3v) is 3.61. The largest absolute Gasteiger partial charge is 0.480 e. The topological polar surface area (TPSA) is 70.5 Å². The zero-order chi connectivity index (χ0) is 14.0. The number of carboxylic acid groups (broad SMARTS) is 1. The highest BCUT2D eigenvalue weighted by Crippen LogP contribution is 2.24. The lowest BCUT2D eigenvalue weighted by Crippen LogP contribution is -2.49. The molecule has 1 amide bonds. The second kappa shape index (κ2) is 5.57. The van der Waals surface area contributed by atoms with Crippen molar-refractivity contribution in [3.63, 3.8) is 0 Å². The summed E-state index contributed by atoms with van der Waals surface area (Å²) >= 11 is 5.67. The molecule has 1 N–H and O–H groups in total. The number of aliphatic carboxylic acids is 1. The standard InChI is InChI=1S/C13H15ClN2O3/c1-8-4-5-16(10(6-8)13(18)19)12(17)9-2-3-11(14)15-7-9/h2-3,7-8,10H,4-6H2,1H3,(H,18,19). The second-order valence-corrected chi connectivity index (χ2v) is 5.24. The molecule has 1 aliphatic rings. The van der Waals surface area contributed by atoms with E-state index in [0.717, 1.165) is 6.42 Å². The van der Waals surface area contributed by atoms with Crippen LogP contribution in [0.5, 0.6) is 0 Å². The van der Waals surface area contributed by atoms with Crippen molar-refractivity contribution >= 4 is 23.5 Å². The molecule has 1 aromatic rings. The summed E-state index contributed by atoms with van der Waals surface area (Å²) in [6.07, 6.45) is 2.68. The summed E-state index contributed by atoms with van der Waals surface area (Å²) in [7, 11) is 0. The molecule has 1 aliphatic heterocycles. The van der Waals surface area contributed by atoms with Crippen molar-refractivity contribution in [2.45, 2.75) is 25.8 Å². The summed E-state index contributed by atoms with van der Waals surface area (Å²) in [5, 5.41) is 9.54. The number of nitrogens with zero attached hydrogens (tertiary/aromatic N) is 2. The molecule has 1 aromatic heterocycles. The molecule has 0 radical (unpaired) electrons. The van der Waals surface area contributed by atoms with E-state index in [-0.39, 0.29) is 5.91 Å². The second-order valence-electron chi connectivity index (χ2n) is 4.85. The van der Waals surface area contributed by atoms with Crippen LogP contribution in [-0.4, -0.2) is 39.5 Å². The summed E-state index contributed by atoms with van der Waals surface area (Å²) in [5.74, 6) is -0.946. The molecule has 19 heavy (non-hydrogen) atoms. The number of amides is 1. The lowest BCUT2D eigenvalue weighted by molar-refractivity contribution is -0.144. The smallest absolute Gasteiger partial charge is 0.326 e. The van der Waals surface area contributed by atoms with Crippen LogP contribution in [0.2, 0.25) is 5.15 Å². The maximum atomic E-state index is 12.3. The summed E-state index contributed by atoms with van der Waals surface area (Å²) in [6.45, 7) is 2.46. The molecule has 0 bridgehead atoms. The van der Waals surface area contributed by atoms with E-state index in [2.05, 4.69) is 4.98 Å². The Morgan fingerprint density at radius 2 is 2.21 bits per heavy atom. The van der Waals surface area contributed by atoms with Crippen molar-refractivity contribution in [3.05, 3.63) is 29.0 Å². The predicted octanol–water partition coefficient (Wildman–Crippen LogP) is 2.06. The quantitative estimate of drug-likeness (QED) is 0.843. The van der Waals surface area contributed by atoms with Gasteiger partial charge in [0.2, 0.25) is 0 Å². The number of aromatic nitrogens is 1. The van der Waals surface area contributed by atoms with Gasteiger partial charge in [-0.25, -0.2) is 9.78 Å². The first-order valence-electron chi connectivity index (χ1n) is 6.14. The minimum atomic E-state index is -0.957. The Bertz CT molecular complexity index is 489. The van der Waals surface area contributed by atoms with E-state index in [1.807, 2.05) is 6.92 Å². The Morgan fingerprint density at radius 3 is 2.79 bits per heavy atom. The molecule has 2 rings (SSSR count). The monoisotopic (exact) mass is 282 g/mol. The number of rotatable bonds is 2. The van der Waals surface area contributed by atoms with Crippen molar-refractivity contribution in [1.29, 1.82) is 0 Å². The van der Waals surface area contributed by atoms with Crippen LogP contribution in [0.4, 0.5) is 0 Å². The molecule has 2 heterocycles. The van der Waals surface area contributed by atoms with E-state index >= 15 is 0 Å². The van der Waals surface area contributed by atoms with Gasteiger partial charge in [-0.05, 0) is 30.9 Å². The predicted molar refractivity (Wildman–Crippen MR) is 70.1 cm³/mol. The van der Waals surface area contributed by atoms with E-state index in [1.165, 1.54) is 17.2 Å². The number of hydrogen-bond acceptors (Lipinski definition) is 3. The van der Waals surface area contributed by atoms with Crippen molar-refractivity contribution in [2.24, 2.45) is 5.92 Å². The summed E-state index contributed by atoms with van der Waals surface area (Å²) in [4.78, 5) is 28.8. The Labute approximate surface area is 116 Å². The number of carbonyl (C=O) groups is 2. The average Bonchev–Trinajstić information content (AvgIpc) is 2.38. The van der Waals surface area contributed by atoms with Gasteiger partial charge in [-0.15, -0.1) is 0 Å². The third kappa shape index (κ3) is 3.04. The number of carbonyl (C=O) groups excluding carboxylic acids is 1. The molecule has 1 saturated heterocycles. The number of piperidine rings is 1. The minimum absolute atomic E-state index is 0.302. The van der Waals surface area contributed by atoms with Crippen LogP contribution in [0.3, 0.4) is 0 Å². The fourth-order valence-corrected chi connectivity index (χ4v) is 2.40. The van der Waals surface area contributed by atoms with Crippen molar-refractivity contribution < 1.29 is 14.7 Å². The summed E-state index contributed by atoms with van der Waals surface area (Å²) in [6, 6.07) is 2.33. The van der Waals surface area contributed by atoms with Crippen LogP contribution in [0.1, 0.15) is 30.1 Å². The Balaban J connectivity index is 2.21. The van der Waals surface area contributed by atoms with Crippen molar-refractivity contribution in [1.82, 2.24) is 9.88 Å². The molecule has 5 nitrogen and oxygen atoms in total. The molecular weight excluding hydrogens is 268 g/mol. The van der Waals surface area contributed by atoms with Gasteiger partial charge in [0, 0.05) is 12.7 Å². The van der Waals surface area contributed by atoms with E-state index in [0.29, 0.717) is 29.6 Å². The molecule has 2 atom stereocenters. The molecule has 102 valence electrons. The highest BCUT2D eigenvalue weighted by atomic mass is 35.5. The normalized spacial score (nSPS) is 23.2. The number of likely N-dealkylation sites (tertiary alicyclic amines) is 1. The Hall–Kier alpha value is -1.62. The first-order valence-corrected chi connectivity index (χ1v) is 6.52. The number of carboxylic acids is 1. The first kappa shape index (κ1) is 13.8. The lowest BCUT2D eigenvalue weighted by atomic mass is 9.92. The van der Waals surface area contributed by atoms with Crippen molar-refractivity contribution in [3.8, 4) is 0 Å². The van der Waals surface area contributed by atoms with Gasteiger partial charge >= 0.3 is 5.97 Å². The highest BCUT2D eigenvalue weighted by molar-refractivity contribution is 6.29. The van der Waals surface area contributed by atoms with Crippen LogP contribution in [0.15, 0.2) is 18.3 Å². The van der Waals surface area contributed by atoms with E-state index in [9.17, 15) is 14.7 Å². The maximum absolute atomic E-state index is 12.3. The van der Waals surface area contributed by atoms with Gasteiger partial charge in [0.15, 0.2) is 0 Å². The van der Waals surface area contributed by atoms with Gasteiger partial charge in [0.1, 0.15) is 11.2 Å². The average molecular weight is 283 g/mol. The van der Waals surface area contributed by atoms with Crippen LogP contribution >= 0.6 is 11.6 Å². The Morgan fingerprint density at radius 1 is 1.47 bits per heavy atom. The number of pyridine rings is 1. The zero-order valence-electron chi connectivity index (χ0n) is 10.5. The van der Waals surface area contributed by atoms with Crippen LogP contribution < -0.4 is 0 Å². The maximum Gasteiger partial charge on any atom is 0.326 e. The summed E-state index contributed by atoms with van der Waals surface area (Å²) < 4.78 is 0. The Kier molecular flexibility index (Phi) is 4.04. The molecule has 2 unspecified atom stereocenters. The fourth-order valence-electron chi connectivity index (χ4n) is 2.29. The van der Waals surface area contributed by atoms with E-state index in [4.69, 9.17) is 11.6 Å². The molecule has 0 spiro atoms. The molecule has 0 aliphatic carbocycles. The minimum Gasteiger partial charge on any atom is -0.480 e.